The molecule has 4 nitrogen and oxygen atoms in total. The number of carbonyl (C=O) groups is 1. The molecule has 0 atom stereocenters. The van der Waals surface area contributed by atoms with Crippen LogP contribution >= 0.6 is 39.1 Å². The maximum absolute atomic E-state index is 12.6. The molecule has 0 spiro atoms. The summed E-state index contributed by atoms with van der Waals surface area (Å²) >= 11 is 15.3. The molecule has 2 heterocycles. The number of nitrogens with one attached hydrogen (secondary N) is 1. The average Bonchev–Trinajstić information content (AvgIpc) is 2.77. The summed E-state index contributed by atoms with van der Waals surface area (Å²) in [6.45, 7) is 1.79. The summed E-state index contributed by atoms with van der Waals surface area (Å²) in [5.74, 6) is -0.285. The van der Waals surface area contributed by atoms with Crippen molar-refractivity contribution in [1.29, 1.82) is 0 Å². The molecule has 3 rings (SSSR count). The maximum Gasteiger partial charge on any atom is 0.274 e. The van der Waals surface area contributed by atoms with Gasteiger partial charge in [-0.25, -0.2) is 4.98 Å². The van der Waals surface area contributed by atoms with Crippen molar-refractivity contribution < 1.29 is 4.79 Å². The molecule has 2 aromatic heterocycles. The number of hydrogen-bond donors (Lipinski definition) is 1. The van der Waals surface area contributed by atoms with Crippen LogP contribution < -0.4 is 5.32 Å². The minimum atomic E-state index is -0.285. The second-order valence-corrected chi connectivity index (χ2v) is 6.46. The van der Waals surface area contributed by atoms with Gasteiger partial charge in [-0.1, -0.05) is 23.2 Å². The predicted molar refractivity (Wildman–Crippen MR) is 92.0 cm³/mol. The minimum absolute atomic E-state index is 0.285. The van der Waals surface area contributed by atoms with Crippen molar-refractivity contribution >= 4 is 56.4 Å². The van der Waals surface area contributed by atoms with E-state index < -0.39 is 0 Å². The molecule has 0 radical (unpaired) electrons. The normalized spacial score (nSPS) is 10.9. The molecule has 1 aromatic carbocycles. The fraction of sp³-hybridized carbons (Fsp3) is 0.0667. The fourth-order valence-corrected chi connectivity index (χ4v) is 2.97. The predicted octanol–water partition coefficient (Wildman–Crippen LogP) is 4.96. The molecule has 0 saturated heterocycles. The van der Waals surface area contributed by atoms with Crippen molar-refractivity contribution in [2.24, 2.45) is 0 Å². The van der Waals surface area contributed by atoms with Crippen LogP contribution in [0.1, 0.15) is 16.2 Å². The van der Waals surface area contributed by atoms with E-state index in [0.29, 0.717) is 32.8 Å². The highest BCUT2D eigenvalue weighted by Crippen LogP contribution is 2.26. The first-order chi connectivity index (χ1) is 10.5. The number of aromatic nitrogens is 2. The first-order valence-electron chi connectivity index (χ1n) is 6.36. The van der Waals surface area contributed by atoms with Crippen molar-refractivity contribution in [2.45, 2.75) is 6.92 Å². The zero-order chi connectivity index (χ0) is 15.9. The molecular formula is C15H10BrCl2N3O. The van der Waals surface area contributed by atoms with Crippen LogP contribution in [0.5, 0.6) is 0 Å². The lowest BCUT2D eigenvalue weighted by Gasteiger charge is -2.08. The molecule has 0 fully saturated rings. The Labute approximate surface area is 145 Å². The Hall–Kier alpha value is -1.56. The number of benzene rings is 1. The average molecular weight is 399 g/mol. The van der Waals surface area contributed by atoms with Gasteiger partial charge in [-0.05, 0) is 53.2 Å². The minimum Gasteiger partial charge on any atom is -0.319 e. The third kappa shape index (κ3) is 2.84. The number of aryl methyl sites for hydroxylation is 1. The Balaban J connectivity index is 2.02. The molecule has 0 bridgehead atoms. The molecule has 0 unspecified atom stereocenters. The summed E-state index contributed by atoms with van der Waals surface area (Å²) in [6, 6.07) is 8.62. The highest BCUT2D eigenvalue weighted by molar-refractivity contribution is 9.10. The van der Waals surface area contributed by atoms with E-state index in [2.05, 4.69) is 26.2 Å². The smallest absolute Gasteiger partial charge is 0.274 e. The van der Waals surface area contributed by atoms with Crippen molar-refractivity contribution in [3.05, 3.63) is 62.4 Å². The number of carbonyl (C=O) groups excluding carboxylic acids is 1. The van der Waals surface area contributed by atoms with Crippen LogP contribution in [-0.4, -0.2) is 15.3 Å². The van der Waals surface area contributed by atoms with E-state index in [4.69, 9.17) is 23.2 Å². The quantitative estimate of drug-likeness (QED) is 0.662. The van der Waals surface area contributed by atoms with Crippen LogP contribution in [0.2, 0.25) is 10.0 Å². The molecule has 22 heavy (non-hydrogen) atoms. The Morgan fingerprint density at radius 2 is 2.05 bits per heavy atom. The monoisotopic (exact) mass is 397 g/mol. The van der Waals surface area contributed by atoms with E-state index in [1.165, 1.54) is 0 Å². The number of fused-ring (bicyclic) bond motifs is 1. The molecule has 1 N–H and O–H groups in total. The van der Waals surface area contributed by atoms with Crippen molar-refractivity contribution in [3.63, 3.8) is 0 Å². The van der Waals surface area contributed by atoms with Gasteiger partial charge in [0.05, 0.1) is 16.4 Å². The second-order valence-electron chi connectivity index (χ2n) is 4.70. The Morgan fingerprint density at radius 1 is 1.27 bits per heavy atom. The molecular weight excluding hydrogens is 389 g/mol. The van der Waals surface area contributed by atoms with Gasteiger partial charge >= 0.3 is 0 Å². The molecule has 112 valence electrons. The standard InChI is InChI=1S/C15H10BrCl2N3O/c1-8-14(21-7-9(16)2-5-13(21)19-8)15(22)20-12-4-3-10(17)6-11(12)18/h2-7H,1H3,(H,20,22). The van der Waals surface area contributed by atoms with Crippen LogP contribution in [-0.2, 0) is 0 Å². The zero-order valence-electron chi connectivity index (χ0n) is 11.4. The molecule has 3 aromatic rings. The number of anilines is 1. The van der Waals surface area contributed by atoms with Gasteiger partial charge in [0.15, 0.2) is 0 Å². The van der Waals surface area contributed by atoms with Gasteiger partial charge < -0.3 is 5.32 Å². The molecule has 1 amide bonds. The van der Waals surface area contributed by atoms with E-state index in [1.54, 1.807) is 35.7 Å². The largest absolute Gasteiger partial charge is 0.319 e. The van der Waals surface area contributed by atoms with Crippen LogP contribution in [0.25, 0.3) is 5.65 Å². The Morgan fingerprint density at radius 3 is 2.77 bits per heavy atom. The van der Waals surface area contributed by atoms with Crippen LogP contribution in [0.4, 0.5) is 5.69 Å². The van der Waals surface area contributed by atoms with Gasteiger partial charge in [0, 0.05) is 15.7 Å². The first kappa shape index (κ1) is 15.3. The summed E-state index contributed by atoms with van der Waals surface area (Å²) in [7, 11) is 0. The lowest BCUT2D eigenvalue weighted by molar-refractivity contribution is 0.102. The third-order valence-corrected chi connectivity index (χ3v) is 4.17. The lowest BCUT2D eigenvalue weighted by Crippen LogP contribution is -2.15. The third-order valence-electron chi connectivity index (χ3n) is 3.15. The van der Waals surface area contributed by atoms with Crippen LogP contribution in [0.15, 0.2) is 41.0 Å². The van der Waals surface area contributed by atoms with Crippen molar-refractivity contribution in [2.75, 3.05) is 5.32 Å². The maximum atomic E-state index is 12.6. The fourth-order valence-electron chi connectivity index (χ4n) is 2.18. The van der Waals surface area contributed by atoms with Gasteiger partial charge in [-0.15, -0.1) is 0 Å². The molecule has 0 saturated carbocycles. The van der Waals surface area contributed by atoms with E-state index >= 15 is 0 Å². The summed E-state index contributed by atoms with van der Waals surface area (Å²) in [6.07, 6.45) is 1.80. The number of rotatable bonds is 2. The number of pyridine rings is 1. The summed E-state index contributed by atoms with van der Waals surface area (Å²) < 4.78 is 2.59. The van der Waals surface area contributed by atoms with Gasteiger partial charge in [-0.2, -0.15) is 0 Å². The van der Waals surface area contributed by atoms with Gasteiger partial charge in [0.1, 0.15) is 11.3 Å². The topological polar surface area (TPSA) is 46.4 Å². The summed E-state index contributed by atoms with van der Waals surface area (Å²) in [4.78, 5) is 17.0. The van der Waals surface area contributed by atoms with E-state index in [-0.39, 0.29) is 5.91 Å². The van der Waals surface area contributed by atoms with Crippen LogP contribution in [0.3, 0.4) is 0 Å². The zero-order valence-corrected chi connectivity index (χ0v) is 14.5. The van der Waals surface area contributed by atoms with Gasteiger partial charge in [0.2, 0.25) is 0 Å². The second kappa shape index (κ2) is 5.91. The Bertz CT molecular complexity index is 892. The summed E-state index contributed by atoms with van der Waals surface area (Å²) in [5.41, 5.74) is 2.30. The number of amides is 1. The van der Waals surface area contributed by atoms with E-state index in [0.717, 1.165) is 4.47 Å². The number of hydrogen-bond acceptors (Lipinski definition) is 2. The molecule has 7 heteroatoms. The molecule has 0 aliphatic rings. The number of halogens is 3. The van der Waals surface area contributed by atoms with Crippen molar-refractivity contribution in [3.8, 4) is 0 Å². The molecule has 0 aliphatic heterocycles. The molecule has 0 aliphatic carbocycles. The lowest BCUT2D eigenvalue weighted by atomic mass is 10.2. The number of nitrogens with zero attached hydrogens (tertiary/aromatic N) is 2. The Kier molecular flexibility index (Phi) is 4.12. The highest BCUT2D eigenvalue weighted by Gasteiger charge is 2.17. The van der Waals surface area contributed by atoms with E-state index in [1.807, 2.05) is 12.1 Å². The van der Waals surface area contributed by atoms with Gasteiger partial charge in [-0.3, -0.25) is 9.20 Å². The number of imidazole rings is 1. The highest BCUT2D eigenvalue weighted by atomic mass is 79.9. The van der Waals surface area contributed by atoms with Crippen molar-refractivity contribution in [1.82, 2.24) is 9.38 Å². The van der Waals surface area contributed by atoms with E-state index in [9.17, 15) is 4.79 Å². The van der Waals surface area contributed by atoms with Gasteiger partial charge in [0.25, 0.3) is 5.91 Å². The SMILES string of the molecule is Cc1nc2ccc(Br)cn2c1C(=O)Nc1ccc(Cl)cc1Cl. The first-order valence-corrected chi connectivity index (χ1v) is 7.91. The summed E-state index contributed by atoms with van der Waals surface area (Å²) in [5, 5.41) is 3.68. The van der Waals surface area contributed by atoms with Crippen LogP contribution in [0, 0.1) is 6.92 Å².